The summed E-state index contributed by atoms with van der Waals surface area (Å²) in [5.41, 5.74) is 1.06. The summed E-state index contributed by atoms with van der Waals surface area (Å²) in [6, 6.07) is 5.67. The number of nitrogens with one attached hydrogen (secondary N) is 2. The summed E-state index contributed by atoms with van der Waals surface area (Å²) in [6.07, 6.45) is 2.08. The van der Waals surface area contributed by atoms with Gasteiger partial charge in [-0.15, -0.1) is 0 Å². The highest BCUT2D eigenvalue weighted by Gasteiger charge is 2.05. The standard InChI is InChI=1S/C14H22ClN3OS/c1-4-19-13-9-12(15)6-5-11(13)10-18-14(16-2)17-7-8-20-3/h5-6,9H,4,7-8,10H2,1-3H3,(H2,16,17,18). The summed E-state index contributed by atoms with van der Waals surface area (Å²) >= 11 is 7.79. The van der Waals surface area contributed by atoms with E-state index in [9.17, 15) is 0 Å². The molecule has 0 aromatic heterocycles. The van der Waals surface area contributed by atoms with E-state index < -0.39 is 0 Å². The van der Waals surface area contributed by atoms with E-state index >= 15 is 0 Å². The lowest BCUT2D eigenvalue weighted by atomic mass is 10.2. The summed E-state index contributed by atoms with van der Waals surface area (Å²) in [4.78, 5) is 4.19. The number of benzene rings is 1. The van der Waals surface area contributed by atoms with Gasteiger partial charge in [0.05, 0.1) is 6.61 Å². The predicted octanol–water partition coefficient (Wildman–Crippen LogP) is 2.77. The summed E-state index contributed by atoms with van der Waals surface area (Å²) < 4.78 is 5.59. The Balaban J connectivity index is 2.59. The van der Waals surface area contributed by atoms with Crippen molar-refractivity contribution in [3.63, 3.8) is 0 Å². The minimum Gasteiger partial charge on any atom is -0.493 e. The molecule has 0 atom stereocenters. The molecule has 0 aliphatic carbocycles. The maximum absolute atomic E-state index is 5.99. The van der Waals surface area contributed by atoms with Crippen LogP contribution in [0.2, 0.25) is 5.02 Å². The molecule has 1 rings (SSSR count). The molecule has 2 N–H and O–H groups in total. The van der Waals surface area contributed by atoms with Gasteiger partial charge in [-0.2, -0.15) is 11.8 Å². The Labute approximate surface area is 130 Å². The van der Waals surface area contributed by atoms with Crippen LogP contribution in [-0.4, -0.2) is 38.2 Å². The number of hydrogen-bond donors (Lipinski definition) is 2. The lowest BCUT2D eigenvalue weighted by molar-refractivity contribution is 0.336. The van der Waals surface area contributed by atoms with Crippen LogP contribution in [0.25, 0.3) is 0 Å². The third-order valence-electron chi connectivity index (χ3n) is 2.60. The normalized spacial score (nSPS) is 11.3. The van der Waals surface area contributed by atoms with Gasteiger partial charge in [-0.1, -0.05) is 17.7 Å². The van der Waals surface area contributed by atoms with Gasteiger partial charge in [0.25, 0.3) is 0 Å². The predicted molar refractivity (Wildman–Crippen MR) is 89.2 cm³/mol. The second kappa shape index (κ2) is 9.77. The van der Waals surface area contributed by atoms with E-state index in [1.165, 1.54) is 0 Å². The molecule has 0 unspecified atom stereocenters. The monoisotopic (exact) mass is 315 g/mol. The maximum atomic E-state index is 5.99. The molecule has 6 heteroatoms. The number of hydrogen-bond acceptors (Lipinski definition) is 3. The first-order chi connectivity index (χ1) is 9.71. The third kappa shape index (κ3) is 5.92. The van der Waals surface area contributed by atoms with Crippen molar-refractivity contribution in [3.05, 3.63) is 28.8 Å². The summed E-state index contributed by atoms with van der Waals surface area (Å²) in [5.74, 6) is 2.65. The van der Waals surface area contributed by atoms with Gasteiger partial charge < -0.3 is 15.4 Å². The van der Waals surface area contributed by atoms with Crippen LogP contribution in [0.1, 0.15) is 12.5 Å². The zero-order valence-corrected chi connectivity index (χ0v) is 13.8. The average molecular weight is 316 g/mol. The van der Waals surface area contributed by atoms with Gasteiger partial charge in [-0.05, 0) is 25.3 Å². The molecule has 0 aliphatic heterocycles. The van der Waals surface area contributed by atoms with E-state index in [1.54, 1.807) is 18.8 Å². The van der Waals surface area contributed by atoms with Crippen molar-refractivity contribution in [2.75, 3.05) is 32.2 Å². The molecule has 20 heavy (non-hydrogen) atoms. The highest BCUT2D eigenvalue weighted by atomic mass is 35.5. The average Bonchev–Trinajstić information content (AvgIpc) is 2.44. The van der Waals surface area contributed by atoms with E-state index in [-0.39, 0.29) is 0 Å². The van der Waals surface area contributed by atoms with Crippen molar-refractivity contribution in [2.45, 2.75) is 13.5 Å². The number of halogens is 1. The van der Waals surface area contributed by atoms with Gasteiger partial charge in [0, 0.05) is 36.5 Å². The van der Waals surface area contributed by atoms with Crippen LogP contribution in [-0.2, 0) is 6.54 Å². The van der Waals surface area contributed by atoms with Gasteiger partial charge in [0.2, 0.25) is 0 Å². The van der Waals surface area contributed by atoms with Gasteiger partial charge in [0.15, 0.2) is 5.96 Å². The number of aliphatic imine (C=N–C) groups is 1. The molecule has 0 bridgehead atoms. The van der Waals surface area contributed by atoms with Crippen molar-refractivity contribution < 1.29 is 4.74 Å². The zero-order chi connectivity index (χ0) is 14.8. The van der Waals surface area contributed by atoms with Crippen LogP contribution in [0.4, 0.5) is 0 Å². The molecule has 0 amide bonds. The van der Waals surface area contributed by atoms with E-state index in [0.717, 1.165) is 29.6 Å². The first-order valence-corrected chi connectivity index (χ1v) is 8.33. The second-order valence-corrected chi connectivity index (χ2v) is 5.45. The molecule has 0 aliphatic rings. The van der Waals surface area contributed by atoms with Gasteiger partial charge >= 0.3 is 0 Å². The number of ether oxygens (including phenoxy) is 1. The minimum atomic E-state index is 0.619. The Morgan fingerprint density at radius 3 is 2.85 bits per heavy atom. The van der Waals surface area contributed by atoms with Crippen LogP contribution in [0.3, 0.4) is 0 Å². The summed E-state index contributed by atoms with van der Waals surface area (Å²) in [6.45, 7) is 4.11. The Morgan fingerprint density at radius 1 is 1.40 bits per heavy atom. The summed E-state index contributed by atoms with van der Waals surface area (Å²) in [7, 11) is 1.76. The number of rotatable bonds is 7. The van der Waals surface area contributed by atoms with E-state index in [4.69, 9.17) is 16.3 Å². The molecule has 1 aromatic carbocycles. The van der Waals surface area contributed by atoms with Crippen LogP contribution >= 0.6 is 23.4 Å². The van der Waals surface area contributed by atoms with Crippen molar-refractivity contribution in [2.24, 2.45) is 4.99 Å². The van der Waals surface area contributed by atoms with E-state index in [2.05, 4.69) is 21.9 Å². The molecule has 4 nitrogen and oxygen atoms in total. The van der Waals surface area contributed by atoms with Crippen LogP contribution < -0.4 is 15.4 Å². The molecular weight excluding hydrogens is 294 g/mol. The molecule has 0 radical (unpaired) electrons. The van der Waals surface area contributed by atoms with Gasteiger partial charge in [-0.25, -0.2) is 0 Å². The Morgan fingerprint density at radius 2 is 2.20 bits per heavy atom. The Hall–Kier alpha value is -1.07. The van der Waals surface area contributed by atoms with Gasteiger partial charge in [-0.3, -0.25) is 4.99 Å². The largest absolute Gasteiger partial charge is 0.493 e. The molecule has 0 fully saturated rings. The minimum absolute atomic E-state index is 0.619. The zero-order valence-electron chi connectivity index (χ0n) is 12.2. The Kier molecular flexibility index (Phi) is 8.30. The van der Waals surface area contributed by atoms with E-state index in [0.29, 0.717) is 18.2 Å². The molecule has 0 saturated heterocycles. The number of guanidine groups is 1. The highest BCUT2D eigenvalue weighted by Crippen LogP contribution is 2.23. The molecular formula is C14H22ClN3OS. The number of thioether (sulfide) groups is 1. The lowest BCUT2D eigenvalue weighted by Gasteiger charge is -2.14. The lowest BCUT2D eigenvalue weighted by Crippen LogP contribution is -2.38. The molecule has 0 heterocycles. The fraction of sp³-hybridized carbons (Fsp3) is 0.500. The Bertz CT molecular complexity index is 440. The third-order valence-corrected chi connectivity index (χ3v) is 3.45. The first kappa shape index (κ1) is 17.0. The van der Waals surface area contributed by atoms with Crippen LogP contribution in [0.5, 0.6) is 5.75 Å². The number of nitrogens with zero attached hydrogens (tertiary/aromatic N) is 1. The molecule has 1 aromatic rings. The topological polar surface area (TPSA) is 45.6 Å². The smallest absolute Gasteiger partial charge is 0.191 e. The van der Waals surface area contributed by atoms with Crippen LogP contribution in [0.15, 0.2) is 23.2 Å². The SMILES string of the molecule is CCOc1cc(Cl)ccc1CNC(=NC)NCCSC. The highest BCUT2D eigenvalue weighted by molar-refractivity contribution is 7.98. The maximum Gasteiger partial charge on any atom is 0.191 e. The molecule has 0 saturated carbocycles. The quantitative estimate of drug-likeness (QED) is 0.461. The van der Waals surface area contributed by atoms with Crippen molar-refractivity contribution in [1.29, 1.82) is 0 Å². The van der Waals surface area contributed by atoms with Crippen molar-refractivity contribution >= 4 is 29.3 Å². The fourth-order valence-corrected chi connectivity index (χ4v) is 2.10. The van der Waals surface area contributed by atoms with Crippen molar-refractivity contribution in [1.82, 2.24) is 10.6 Å². The molecule has 0 spiro atoms. The van der Waals surface area contributed by atoms with Gasteiger partial charge in [0.1, 0.15) is 5.75 Å². The summed E-state index contributed by atoms with van der Waals surface area (Å²) in [5, 5.41) is 7.20. The van der Waals surface area contributed by atoms with Crippen LogP contribution in [0, 0.1) is 0 Å². The van der Waals surface area contributed by atoms with Crippen molar-refractivity contribution in [3.8, 4) is 5.75 Å². The molecule has 112 valence electrons. The van der Waals surface area contributed by atoms with E-state index in [1.807, 2.05) is 25.1 Å². The first-order valence-electron chi connectivity index (χ1n) is 6.56. The fourth-order valence-electron chi connectivity index (χ4n) is 1.64. The second-order valence-electron chi connectivity index (χ2n) is 4.03.